The second-order valence-corrected chi connectivity index (χ2v) is 4.83. The maximum atomic E-state index is 13.0. The Hall–Kier alpha value is -1.11. The molecule has 0 aliphatic heterocycles. The Kier molecular flexibility index (Phi) is 3.61. The van der Waals surface area contributed by atoms with Crippen molar-refractivity contribution >= 4 is 22.6 Å². The van der Waals surface area contributed by atoms with Crippen LogP contribution in [0.3, 0.4) is 0 Å². The molecule has 0 aliphatic rings. The maximum Gasteiger partial charge on any atom is 0.417 e. The van der Waals surface area contributed by atoms with E-state index in [4.69, 9.17) is 0 Å². The number of alkyl halides is 3. The third-order valence-corrected chi connectivity index (χ3v) is 3.35. The van der Waals surface area contributed by atoms with Crippen LogP contribution < -0.4 is 0 Å². The molecule has 0 fully saturated rings. The fourth-order valence-corrected chi connectivity index (χ4v) is 2.44. The topological polar surface area (TPSA) is 0 Å². The highest BCUT2D eigenvalue weighted by Crippen LogP contribution is 2.38. The van der Waals surface area contributed by atoms with Gasteiger partial charge < -0.3 is 0 Å². The number of rotatable bonds is 1. The van der Waals surface area contributed by atoms with E-state index in [1.807, 2.05) is 22.6 Å². The van der Waals surface area contributed by atoms with E-state index in [2.05, 4.69) is 0 Å². The van der Waals surface area contributed by atoms with Crippen molar-refractivity contribution in [3.63, 3.8) is 0 Å². The van der Waals surface area contributed by atoms with E-state index in [1.165, 1.54) is 30.3 Å². The highest BCUT2D eigenvalue weighted by atomic mass is 127. The lowest BCUT2D eigenvalue weighted by atomic mass is 9.99. The van der Waals surface area contributed by atoms with E-state index >= 15 is 0 Å². The highest BCUT2D eigenvalue weighted by Gasteiger charge is 2.33. The van der Waals surface area contributed by atoms with Gasteiger partial charge in [-0.15, -0.1) is 0 Å². The molecule has 0 atom stereocenters. The molecular weight excluding hydrogens is 359 g/mol. The summed E-state index contributed by atoms with van der Waals surface area (Å²) < 4.78 is 52.0. The van der Waals surface area contributed by atoms with Crippen molar-refractivity contribution in [3.8, 4) is 11.1 Å². The van der Waals surface area contributed by atoms with Crippen LogP contribution in [0.2, 0.25) is 0 Å². The van der Waals surface area contributed by atoms with Gasteiger partial charge >= 0.3 is 6.18 Å². The molecule has 0 saturated carbocycles. The molecule has 0 unspecified atom stereocenters. The average Bonchev–Trinajstić information content (AvgIpc) is 2.28. The molecule has 0 amide bonds. The van der Waals surface area contributed by atoms with E-state index in [0.29, 0.717) is 9.13 Å². The zero-order valence-corrected chi connectivity index (χ0v) is 11.1. The first-order valence-electron chi connectivity index (χ1n) is 5.01. The fraction of sp³-hybridized carbons (Fsp3) is 0.0769. The minimum atomic E-state index is -4.42. The molecule has 94 valence electrons. The normalized spacial score (nSPS) is 11.6. The predicted octanol–water partition coefficient (Wildman–Crippen LogP) is 5.12. The van der Waals surface area contributed by atoms with Crippen LogP contribution in [0.4, 0.5) is 17.6 Å². The molecule has 18 heavy (non-hydrogen) atoms. The van der Waals surface area contributed by atoms with Crippen LogP contribution in [0.25, 0.3) is 11.1 Å². The fourth-order valence-electron chi connectivity index (χ4n) is 1.67. The molecule has 0 aromatic heterocycles. The first-order chi connectivity index (χ1) is 8.39. The van der Waals surface area contributed by atoms with Crippen LogP contribution in [0, 0.1) is 9.39 Å². The van der Waals surface area contributed by atoms with Gasteiger partial charge in [-0.2, -0.15) is 13.2 Å². The molecular formula is C13H7F4I. The first kappa shape index (κ1) is 13.3. The van der Waals surface area contributed by atoms with Gasteiger partial charge in [0.05, 0.1) is 5.56 Å². The van der Waals surface area contributed by atoms with Crippen molar-refractivity contribution < 1.29 is 17.6 Å². The largest absolute Gasteiger partial charge is 0.417 e. The lowest BCUT2D eigenvalue weighted by Gasteiger charge is -2.13. The molecule has 2 aromatic rings. The second-order valence-electron chi connectivity index (χ2n) is 3.67. The molecule has 2 aromatic carbocycles. The second kappa shape index (κ2) is 4.87. The quantitative estimate of drug-likeness (QED) is 0.486. The van der Waals surface area contributed by atoms with E-state index in [0.717, 1.165) is 12.1 Å². The minimum Gasteiger partial charge on any atom is -0.207 e. The number of hydrogen-bond donors (Lipinski definition) is 0. The molecule has 0 nitrogen and oxygen atoms in total. The third kappa shape index (κ3) is 2.66. The van der Waals surface area contributed by atoms with Crippen LogP contribution in [0.5, 0.6) is 0 Å². The monoisotopic (exact) mass is 366 g/mol. The van der Waals surface area contributed by atoms with E-state index in [1.54, 1.807) is 0 Å². The van der Waals surface area contributed by atoms with Gasteiger partial charge in [-0.05, 0) is 51.9 Å². The Morgan fingerprint density at radius 2 is 1.56 bits per heavy atom. The average molecular weight is 366 g/mol. The van der Waals surface area contributed by atoms with Crippen LogP contribution in [0.1, 0.15) is 5.56 Å². The predicted molar refractivity (Wildman–Crippen MR) is 69.6 cm³/mol. The van der Waals surface area contributed by atoms with E-state index in [-0.39, 0.29) is 5.56 Å². The lowest BCUT2D eigenvalue weighted by molar-refractivity contribution is -0.137. The summed E-state index contributed by atoms with van der Waals surface area (Å²) in [4.78, 5) is 0. The van der Waals surface area contributed by atoms with Crippen molar-refractivity contribution in [3.05, 3.63) is 57.4 Å². The standard InChI is InChI=1S/C13H7F4I/c14-8-5-6-10(12(18)7-8)9-3-1-2-4-11(9)13(15,16)17/h1-7H. The van der Waals surface area contributed by atoms with Crippen LogP contribution in [-0.4, -0.2) is 0 Å². The van der Waals surface area contributed by atoms with Gasteiger partial charge in [0.25, 0.3) is 0 Å². The summed E-state index contributed by atoms with van der Waals surface area (Å²) in [6, 6.07) is 9.01. The van der Waals surface area contributed by atoms with Crippen LogP contribution in [0.15, 0.2) is 42.5 Å². The molecule has 0 saturated heterocycles. The Balaban J connectivity index is 2.64. The summed E-state index contributed by atoms with van der Waals surface area (Å²) in [5.74, 6) is -0.465. The van der Waals surface area contributed by atoms with Gasteiger partial charge in [-0.1, -0.05) is 24.3 Å². The molecule has 0 heterocycles. The zero-order valence-electron chi connectivity index (χ0n) is 8.93. The minimum absolute atomic E-state index is 0.0643. The Morgan fingerprint density at radius 3 is 2.17 bits per heavy atom. The molecule has 2 rings (SSSR count). The van der Waals surface area contributed by atoms with Crippen molar-refractivity contribution in [2.75, 3.05) is 0 Å². The molecule has 0 bridgehead atoms. The zero-order chi connectivity index (χ0) is 13.3. The third-order valence-electron chi connectivity index (χ3n) is 2.45. The van der Waals surface area contributed by atoms with Crippen molar-refractivity contribution in [2.24, 2.45) is 0 Å². The Labute approximate surface area is 115 Å². The number of halogens is 5. The lowest BCUT2D eigenvalue weighted by Crippen LogP contribution is -2.07. The van der Waals surface area contributed by atoms with Gasteiger partial charge in [-0.3, -0.25) is 0 Å². The van der Waals surface area contributed by atoms with Crippen molar-refractivity contribution in [1.29, 1.82) is 0 Å². The molecule has 0 aliphatic carbocycles. The smallest absolute Gasteiger partial charge is 0.207 e. The number of benzene rings is 2. The molecule has 0 spiro atoms. The maximum absolute atomic E-state index is 13.0. The van der Waals surface area contributed by atoms with Crippen molar-refractivity contribution in [2.45, 2.75) is 6.18 Å². The Bertz CT molecular complexity index is 575. The molecule has 0 N–H and O–H groups in total. The van der Waals surface area contributed by atoms with E-state index in [9.17, 15) is 17.6 Å². The van der Waals surface area contributed by atoms with E-state index < -0.39 is 17.6 Å². The molecule has 5 heteroatoms. The summed E-state index contributed by atoms with van der Waals surface area (Å²) in [6.45, 7) is 0. The van der Waals surface area contributed by atoms with Crippen LogP contribution >= 0.6 is 22.6 Å². The van der Waals surface area contributed by atoms with Gasteiger partial charge in [0.1, 0.15) is 5.82 Å². The molecule has 0 radical (unpaired) electrons. The van der Waals surface area contributed by atoms with Crippen LogP contribution in [-0.2, 0) is 6.18 Å². The van der Waals surface area contributed by atoms with Gasteiger partial charge in [0.15, 0.2) is 0 Å². The SMILES string of the molecule is Fc1ccc(-c2ccccc2C(F)(F)F)c(I)c1. The van der Waals surface area contributed by atoms with Gasteiger partial charge in [0.2, 0.25) is 0 Å². The Morgan fingerprint density at radius 1 is 0.889 bits per heavy atom. The summed E-state index contributed by atoms with van der Waals surface area (Å²) in [5.41, 5.74) is -0.270. The summed E-state index contributed by atoms with van der Waals surface area (Å²) in [7, 11) is 0. The van der Waals surface area contributed by atoms with Gasteiger partial charge in [-0.25, -0.2) is 4.39 Å². The summed E-state index contributed by atoms with van der Waals surface area (Å²) >= 11 is 1.83. The van der Waals surface area contributed by atoms with Crippen molar-refractivity contribution in [1.82, 2.24) is 0 Å². The summed E-state index contributed by atoms with van der Waals surface area (Å²) in [5, 5.41) is 0. The summed E-state index contributed by atoms with van der Waals surface area (Å²) in [6.07, 6.45) is -4.42. The number of hydrogen-bond acceptors (Lipinski definition) is 0. The van der Waals surface area contributed by atoms with Gasteiger partial charge in [0, 0.05) is 3.57 Å². The highest BCUT2D eigenvalue weighted by molar-refractivity contribution is 14.1. The first-order valence-corrected chi connectivity index (χ1v) is 6.09.